The molecule has 0 aromatic heterocycles. The average molecular weight is 638 g/mol. The fourth-order valence-electron chi connectivity index (χ4n) is 7.60. The second-order valence-electron chi connectivity index (χ2n) is 13.3. The van der Waals surface area contributed by atoms with Gasteiger partial charge in [-0.3, -0.25) is 9.69 Å². The van der Waals surface area contributed by atoms with Gasteiger partial charge in [-0.25, -0.2) is 9.18 Å². The van der Waals surface area contributed by atoms with Crippen LogP contribution in [-0.2, 0) is 28.7 Å². The van der Waals surface area contributed by atoms with Gasteiger partial charge in [0, 0.05) is 49.0 Å². The molecule has 2 aromatic carbocycles. The van der Waals surface area contributed by atoms with E-state index in [1.165, 1.54) is 12.1 Å². The lowest BCUT2D eigenvalue weighted by Crippen LogP contribution is -2.58. The quantitative estimate of drug-likeness (QED) is 0.414. The van der Waals surface area contributed by atoms with E-state index in [1.54, 1.807) is 11.0 Å². The minimum atomic E-state index is -4.54. The van der Waals surface area contributed by atoms with Crippen molar-refractivity contribution in [1.82, 2.24) is 9.80 Å². The third-order valence-electron chi connectivity index (χ3n) is 10.3. The van der Waals surface area contributed by atoms with Crippen LogP contribution in [0.15, 0.2) is 30.3 Å². The number of anilines is 1. The van der Waals surface area contributed by atoms with Gasteiger partial charge < -0.3 is 19.6 Å². The highest BCUT2D eigenvalue weighted by molar-refractivity contribution is 6.31. The number of carboxylic acids is 1. The molecule has 1 N–H and O–H groups in total. The van der Waals surface area contributed by atoms with E-state index in [2.05, 4.69) is 23.6 Å². The number of aromatic carboxylic acids is 1. The molecule has 1 saturated carbocycles. The molecule has 7 nitrogen and oxygen atoms in total. The summed E-state index contributed by atoms with van der Waals surface area (Å²) < 4.78 is 60.8. The lowest BCUT2D eigenvalue weighted by Gasteiger charge is -2.46. The maximum absolute atomic E-state index is 14.0. The van der Waals surface area contributed by atoms with Crippen molar-refractivity contribution >= 4 is 29.2 Å². The molecular formula is C32H36ClF4N3O4. The molecule has 12 heteroatoms. The first kappa shape index (κ1) is 31.1. The van der Waals surface area contributed by atoms with Crippen LogP contribution >= 0.6 is 11.6 Å². The highest BCUT2D eigenvalue weighted by atomic mass is 35.5. The van der Waals surface area contributed by atoms with E-state index in [4.69, 9.17) is 16.3 Å². The summed E-state index contributed by atoms with van der Waals surface area (Å²) >= 11 is 6.37. The number of hydrogen-bond acceptors (Lipinski definition) is 5. The SMILES string of the molecule is CC1CN(C2CC[C@H](C(=O)N3Cc4cc(C(F)(F)F)cc(Cl)c4CC34CC4(C)C)OC2)CCN1c1ccc(F)c(C(=O)O)c1. The summed E-state index contributed by atoms with van der Waals surface area (Å²) in [6, 6.07) is 6.38. The molecule has 44 heavy (non-hydrogen) atoms. The summed E-state index contributed by atoms with van der Waals surface area (Å²) in [4.78, 5) is 31.5. The Hall–Kier alpha value is -2.89. The Labute approximate surface area is 258 Å². The number of rotatable bonds is 4. The van der Waals surface area contributed by atoms with Crippen LogP contribution in [0.4, 0.5) is 23.2 Å². The van der Waals surface area contributed by atoms with Crippen molar-refractivity contribution in [3.8, 4) is 0 Å². The van der Waals surface area contributed by atoms with Crippen LogP contribution in [0.1, 0.15) is 67.1 Å². The van der Waals surface area contributed by atoms with Crippen molar-refractivity contribution in [2.75, 3.05) is 31.1 Å². The second-order valence-corrected chi connectivity index (χ2v) is 13.8. The Bertz CT molecular complexity index is 1490. The van der Waals surface area contributed by atoms with E-state index in [9.17, 15) is 32.3 Å². The molecule has 6 rings (SSSR count). The maximum atomic E-state index is 14.0. The van der Waals surface area contributed by atoms with Crippen LogP contribution in [-0.4, -0.2) is 76.8 Å². The Balaban J connectivity index is 1.11. The third-order valence-corrected chi connectivity index (χ3v) is 10.6. The van der Waals surface area contributed by atoms with Crippen molar-refractivity contribution in [3.05, 3.63) is 63.4 Å². The number of carbonyl (C=O) groups excluding carboxylic acids is 1. The zero-order valence-corrected chi connectivity index (χ0v) is 25.6. The molecule has 3 fully saturated rings. The van der Waals surface area contributed by atoms with Gasteiger partial charge in [0.25, 0.3) is 5.91 Å². The summed E-state index contributed by atoms with van der Waals surface area (Å²) in [5, 5.41) is 9.40. The van der Waals surface area contributed by atoms with Gasteiger partial charge in [-0.2, -0.15) is 13.2 Å². The van der Waals surface area contributed by atoms with Gasteiger partial charge in [-0.05, 0) is 79.5 Å². The second kappa shape index (κ2) is 10.9. The van der Waals surface area contributed by atoms with Crippen molar-refractivity contribution in [2.24, 2.45) is 5.41 Å². The molecule has 3 heterocycles. The molecule has 3 aliphatic heterocycles. The number of amides is 1. The molecule has 238 valence electrons. The van der Waals surface area contributed by atoms with Crippen molar-refractivity contribution < 1.29 is 37.0 Å². The van der Waals surface area contributed by atoms with Gasteiger partial charge in [-0.1, -0.05) is 25.4 Å². The molecule has 2 saturated heterocycles. The molecule has 3 unspecified atom stereocenters. The minimum Gasteiger partial charge on any atom is -0.478 e. The van der Waals surface area contributed by atoms with Crippen LogP contribution in [0.2, 0.25) is 5.02 Å². The fourth-order valence-corrected chi connectivity index (χ4v) is 7.90. The Morgan fingerprint density at radius 2 is 1.84 bits per heavy atom. The molecule has 0 bridgehead atoms. The van der Waals surface area contributed by atoms with Crippen molar-refractivity contribution in [2.45, 2.75) is 82.9 Å². The van der Waals surface area contributed by atoms with Crippen LogP contribution < -0.4 is 4.90 Å². The molecule has 2 aromatic rings. The average Bonchev–Trinajstić information content (AvgIpc) is 3.51. The van der Waals surface area contributed by atoms with Crippen LogP contribution in [0, 0.1) is 11.2 Å². The number of carboxylic acid groups (broad SMARTS) is 1. The number of hydrogen-bond donors (Lipinski definition) is 1. The normalized spacial score (nSPS) is 28.6. The monoisotopic (exact) mass is 637 g/mol. The Morgan fingerprint density at radius 1 is 1.11 bits per heavy atom. The lowest BCUT2D eigenvalue weighted by molar-refractivity contribution is -0.155. The zero-order valence-electron chi connectivity index (χ0n) is 24.9. The van der Waals surface area contributed by atoms with Gasteiger partial charge >= 0.3 is 12.1 Å². The molecule has 1 aliphatic carbocycles. The van der Waals surface area contributed by atoms with Gasteiger partial charge in [0.15, 0.2) is 0 Å². The summed E-state index contributed by atoms with van der Waals surface area (Å²) in [6.45, 7) is 8.61. The highest BCUT2D eigenvalue weighted by Crippen LogP contribution is 2.63. The van der Waals surface area contributed by atoms with E-state index >= 15 is 0 Å². The summed E-state index contributed by atoms with van der Waals surface area (Å²) in [6.07, 6.45) is -2.82. The smallest absolute Gasteiger partial charge is 0.416 e. The van der Waals surface area contributed by atoms with Gasteiger partial charge in [0.1, 0.15) is 11.9 Å². The van der Waals surface area contributed by atoms with E-state index in [1.807, 2.05) is 6.92 Å². The first-order valence-electron chi connectivity index (χ1n) is 15.0. The number of halogens is 5. The van der Waals surface area contributed by atoms with E-state index in [-0.39, 0.29) is 40.5 Å². The summed E-state index contributed by atoms with van der Waals surface area (Å²) in [7, 11) is 0. The highest BCUT2D eigenvalue weighted by Gasteiger charge is 2.67. The molecule has 4 atom stereocenters. The van der Waals surface area contributed by atoms with Crippen LogP contribution in [0.25, 0.3) is 0 Å². The number of piperazine rings is 1. The maximum Gasteiger partial charge on any atom is 0.416 e. The van der Waals surface area contributed by atoms with Gasteiger partial charge in [0.2, 0.25) is 0 Å². The standard InChI is InChI=1S/C32H36ClF4N3O4/c1-18-14-38(8-9-39(18)21-4-6-26(34)23(12-21)29(42)43)22-5-7-27(44-16-22)28(41)40-15-19-10-20(32(35,36)37)11-25(33)24(19)13-31(40)17-30(31,2)3/h4,6,10-12,18,22,27H,5,7-9,13-17H2,1-3H3,(H,42,43)/t18?,22?,27-,31?/m1/s1. The topological polar surface area (TPSA) is 73.3 Å². The zero-order chi connectivity index (χ0) is 31.8. The predicted molar refractivity (Wildman–Crippen MR) is 156 cm³/mol. The number of carbonyl (C=O) groups is 2. The fraction of sp³-hybridized carbons (Fsp3) is 0.562. The molecular weight excluding hydrogens is 602 g/mol. The Kier molecular flexibility index (Phi) is 7.69. The number of fused-ring (bicyclic) bond motifs is 1. The van der Waals surface area contributed by atoms with E-state index in [0.29, 0.717) is 55.9 Å². The number of ether oxygens (including phenoxy) is 1. The third kappa shape index (κ3) is 5.34. The largest absolute Gasteiger partial charge is 0.478 e. The van der Waals surface area contributed by atoms with E-state index < -0.39 is 35.2 Å². The van der Waals surface area contributed by atoms with Gasteiger partial charge in [0.05, 0.1) is 23.3 Å². The number of alkyl halides is 3. The Morgan fingerprint density at radius 3 is 2.43 bits per heavy atom. The van der Waals surface area contributed by atoms with E-state index in [0.717, 1.165) is 25.0 Å². The first-order valence-corrected chi connectivity index (χ1v) is 15.3. The molecule has 4 aliphatic rings. The van der Waals surface area contributed by atoms with Crippen molar-refractivity contribution in [1.29, 1.82) is 0 Å². The van der Waals surface area contributed by atoms with Crippen LogP contribution in [0.5, 0.6) is 0 Å². The van der Waals surface area contributed by atoms with Gasteiger partial charge in [-0.15, -0.1) is 0 Å². The van der Waals surface area contributed by atoms with Crippen LogP contribution in [0.3, 0.4) is 0 Å². The molecule has 1 amide bonds. The summed E-state index contributed by atoms with van der Waals surface area (Å²) in [5.74, 6) is -2.26. The number of benzene rings is 2. The lowest BCUT2D eigenvalue weighted by atomic mass is 9.86. The minimum absolute atomic E-state index is 0.0361. The predicted octanol–water partition coefficient (Wildman–Crippen LogP) is 6.01. The first-order chi connectivity index (χ1) is 20.6. The summed E-state index contributed by atoms with van der Waals surface area (Å²) in [5.41, 5.74) is -0.0954. The van der Waals surface area contributed by atoms with Crippen molar-refractivity contribution in [3.63, 3.8) is 0 Å². The number of nitrogens with zero attached hydrogens (tertiary/aromatic N) is 3. The molecule has 1 spiro atoms. The molecule has 0 radical (unpaired) electrons.